The van der Waals surface area contributed by atoms with Crippen LogP contribution in [0.4, 0.5) is 4.39 Å². The largest absolute Gasteiger partial charge is 0.316 e. The number of likely N-dealkylation sites (N-methyl/N-ethyl adjacent to an activating group) is 1. The van der Waals surface area contributed by atoms with E-state index in [1.54, 1.807) is 6.07 Å². The molecule has 0 atom stereocenters. The maximum absolute atomic E-state index is 14.1. The molecule has 0 aliphatic heterocycles. The van der Waals surface area contributed by atoms with Crippen molar-refractivity contribution in [2.75, 3.05) is 13.1 Å². The van der Waals surface area contributed by atoms with Gasteiger partial charge in [-0.1, -0.05) is 42.8 Å². The SMILES string of the molecule is CCNCC1(c2cccc(Cl)c2F)CC=CC1. The molecular formula is C14H17ClFN. The molecule has 1 aromatic rings. The van der Waals surface area contributed by atoms with Gasteiger partial charge >= 0.3 is 0 Å². The van der Waals surface area contributed by atoms with Crippen molar-refractivity contribution in [3.63, 3.8) is 0 Å². The Balaban J connectivity index is 2.36. The van der Waals surface area contributed by atoms with Gasteiger partial charge < -0.3 is 5.32 Å². The molecule has 1 aliphatic carbocycles. The van der Waals surface area contributed by atoms with Crippen molar-refractivity contribution >= 4 is 11.6 Å². The zero-order valence-electron chi connectivity index (χ0n) is 9.97. The van der Waals surface area contributed by atoms with Gasteiger partial charge in [0.1, 0.15) is 5.82 Å². The predicted molar refractivity (Wildman–Crippen MR) is 70.0 cm³/mol. The maximum atomic E-state index is 14.1. The van der Waals surface area contributed by atoms with E-state index in [1.807, 2.05) is 12.1 Å². The lowest BCUT2D eigenvalue weighted by Crippen LogP contribution is -2.37. The Bertz CT molecular complexity index is 420. The summed E-state index contributed by atoms with van der Waals surface area (Å²) in [5, 5.41) is 3.54. The first-order chi connectivity index (χ1) is 8.19. The van der Waals surface area contributed by atoms with Crippen molar-refractivity contribution in [2.45, 2.75) is 25.2 Å². The first-order valence-corrected chi connectivity index (χ1v) is 6.37. The highest BCUT2D eigenvalue weighted by Crippen LogP contribution is 2.39. The molecule has 0 bridgehead atoms. The molecule has 0 heterocycles. The molecular weight excluding hydrogens is 237 g/mol. The molecule has 92 valence electrons. The molecule has 17 heavy (non-hydrogen) atoms. The Labute approximate surface area is 107 Å². The second kappa shape index (κ2) is 5.19. The van der Waals surface area contributed by atoms with Crippen LogP contribution in [-0.4, -0.2) is 13.1 Å². The fraction of sp³-hybridized carbons (Fsp3) is 0.429. The van der Waals surface area contributed by atoms with Gasteiger partial charge in [-0.2, -0.15) is 0 Å². The summed E-state index contributed by atoms with van der Waals surface area (Å²) in [5.41, 5.74) is 0.571. The number of rotatable bonds is 4. The normalized spacial score (nSPS) is 17.6. The highest BCUT2D eigenvalue weighted by molar-refractivity contribution is 6.30. The van der Waals surface area contributed by atoms with Crippen molar-refractivity contribution < 1.29 is 4.39 Å². The molecule has 3 heteroatoms. The Morgan fingerprint density at radius 3 is 2.71 bits per heavy atom. The van der Waals surface area contributed by atoms with Crippen molar-refractivity contribution in [2.24, 2.45) is 0 Å². The van der Waals surface area contributed by atoms with Crippen LogP contribution >= 0.6 is 11.6 Å². The molecule has 0 spiro atoms. The molecule has 1 N–H and O–H groups in total. The van der Waals surface area contributed by atoms with Crippen molar-refractivity contribution in [1.29, 1.82) is 0 Å². The Kier molecular flexibility index (Phi) is 3.85. The summed E-state index contributed by atoms with van der Waals surface area (Å²) in [6.07, 6.45) is 5.99. The van der Waals surface area contributed by atoms with Crippen LogP contribution in [-0.2, 0) is 5.41 Å². The summed E-state index contributed by atoms with van der Waals surface area (Å²) in [4.78, 5) is 0. The number of halogens is 2. The minimum atomic E-state index is -0.268. The van der Waals surface area contributed by atoms with Crippen LogP contribution in [0.25, 0.3) is 0 Å². The molecule has 0 radical (unpaired) electrons. The van der Waals surface area contributed by atoms with E-state index in [1.165, 1.54) is 0 Å². The highest BCUT2D eigenvalue weighted by atomic mass is 35.5. The third kappa shape index (κ3) is 2.38. The van der Waals surface area contributed by atoms with Crippen LogP contribution in [0.2, 0.25) is 5.02 Å². The van der Waals surface area contributed by atoms with Gasteiger partial charge in [0.2, 0.25) is 0 Å². The Hall–Kier alpha value is -0.860. The van der Waals surface area contributed by atoms with E-state index in [9.17, 15) is 4.39 Å². The third-order valence-corrected chi connectivity index (χ3v) is 3.71. The predicted octanol–water partition coefficient (Wildman–Crippen LogP) is 3.68. The zero-order valence-corrected chi connectivity index (χ0v) is 10.7. The molecule has 0 amide bonds. The van der Waals surface area contributed by atoms with Gasteiger partial charge in [0, 0.05) is 12.0 Å². The van der Waals surface area contributed by atoms with Crippen LogP contribution in [0.5, 0.6) is 0 Å². The average molecular weight is 254 g/mol. The van der Waals surface area contributed by atoms with E-state index in [2.05, 4.69) is 24.4 Å². The minimum Gasteiger partial charge on any atom is -0.316 e. The smallest absolute Gasteiger partial charge is 0.145 e. The summed E-state index contributed by atoms with van der Waals surface area (Å²) in [6, 6.07) is 5.28. The van der Waals surface area contributed by atoms with Gasteiger partial charge in [-0.25, -0.2) is 4.39 Å². The molecule has 0 aromatic heterocycles. The zero-order chi connectivity index (χ0) is 12.3. The number of nitrogens with one attached hydrogen (secondary N) is 1. The summed E-state index contributed by atoms with van der Waals surface area (Å²) < 4.78 is 14.1. The van der Waals surface area contributed by atoms with E-state index in [4.69, 9.17) is 11.6 Å². The lowest BCUT2D eigenvalue weighted by atomic mass is 9.78. The molecule has 1 aliphatic rings. The van der Waals surface area contributed by atoms with Crippen molar-refractivity contribution in [1.82, 2.24) is 5.32 Å². The average Bonchev–Trinajstić information content (AvgIpc) is 2.80. The van der Waals surface area contributed by atoms with Crippen molar-refractivity contribution in [3.8, 4) is 0 Å². The molecule has 2 rings (SSSR count). The number of benzene rings is 1. The van der Waals surface area contributed by atoms with Gasteiger partial charge in [-0.15, -0.1) is 0 Å². The quantitative estimate of drug-likeness (QED) is 0.808. The number of hydrogen-bond acceptors (Lipinski definition) is 1. The minimum absolute atomic E-state index is 0.162. The molecule has 0 saturated heterocycles. The van der Waals surface area contributed by atoms with Crippen molar-refractivity contribution in [3.05, 3.63) is 46.8 Å². The summed E-state index contributed by atoms with van der Waals surface area (Å²) in [5.74, 6) is -0.268. The van der Waals surface area contributed by atoms with E-state index in [0.717, 1.165) is 31.5 Å². The van der Waals surface area contributed by atoms with Gasteiger partial charge in [0.15, 0.2) is 0 Å². The van der Waals surface area contributed by atoms with Crippen LogP contribution in [0.3, 0.4) is 0 Å². The summed E-state index contributed by atoms with van der Waals surface area (Å²) >= 11 is 5.87. The highest BCUT2D eigenvalue weighted by Gasteiger charge is 2.35. The monoisotopic (exact) mass is 253 g/mol. The topological polar surface area (TPSA) is 12.0 Å². The molecule has 1 aromatic carbocycles. The molecule has 1 nitrogen and oxygen atoms in total. The second-order valence-electron chi connectivity index (χ2n) is 4.54. The number of hydrogen-bond donors (Lipinski definition) is 1. The lowest BCUT2D eigenvalue weighted by Gasteiger charge is -2.30. The first kappa shape index (κ1) is 12.6. The Morgan fingerprint density at radius 1 is 1.35 bits per heavy atom. The van der Waals surface area contributed by atoms with Gasteiger partial charge in [0.25, 0.3) is 0 Å². The summed E-state index contributed by atoms with van der Waals surface area (Å²) in [6.45, 7) is 3.74. The fourth-order valence-electron chi connectivity index (χ4n) is 2.44. The van der Waals surface area contributed by atoms with E-state index in [0.29, 0.717) is 0 Å². The van der Waals surface area contributed by atoms with Crippen LogP contribution in [0, 0.1) is 5.82 Å². The molecule has 0 fully saturated rings. The second-order valence-corrected chi connectivity index (χ2v) is 4.95. The van der Waals surface area contributed by atoms with Crippen LogP contribution in [0.15, 0.2) is 30.4 Å². The fourth-order valence-corrected chi connectivity index (χ4v) is 2.61. The van der Waals surface area contributed by atoms with E-state index >= 15 is 0 Å². The van der Waals surface area contributed by atoms with Gasteiger partial charge in [-0.3, -0.25) is 0 Å². The maximum Gasteiger partial charge on any atom is 0.145 e. The van der Waals surface area contributed by atoms with E-state index in [-0.39, 0.29) is 16.3 Å². The standard InChI is InChI=1S/C14H17ClFN/c1-2-17-10-14(8-3-4-9-14)11-6-5-7-12(15)13(11)16/h3-7,17H,2,8-10H2,1H3. The Morgan fingerprint density at radius 2 is 2.06 bits per heavy atom. The molecule has 0 saturated carbocycles. The van der Waals surface area contributed by atoms with Gasteiger partial charge in [-0.05, 0) is 31.0 Å². The third-order valence-electron chi connectivity index (χ3n) is 3.42. The van der Waals surface area contributed by atoms with Gasteiger partial charge in [0.05, 0.1) is 5.02 Å². The lowest BCUT2D eigenvalue weighted by molar-refractivity contribution is 0.404. The first-order valence-electron chi connectivity index (χ1n) is 6.00. The summed E-state index contributed by atoms with van der Waals surface area (Å²) in [7, 11) is 0. The number of allylic oxidation sites excluding steroid dienone is 2. The molecule has 0 unspecified atom stereocenters. The van der Waals surface area contributed by atoms with Crippen LogP contribution in [0.1, 0.15) is 25.3 Å². The van der Waals surface area contributed by atoms with Crippen LogP contribution < -0.4 is 5.32 Å². The van der Waals surface area contributed by atoms with E-state index < -0.39 is 0 Å².